The van der Waals surface area contributed by atoms with Gasteiger partial charge in [-0.1, -0.05) is 6.07 Å². The number of aliphatic hydroxyl groups is 4. The molecular formula is C44H58N6O15S2. The van der Waals surface area contributed by atoms with Crippen molar-refractivity contribution in [3.05, 3.63) is 70.4 Å². The zero-order valence-electron chi connectivity index (χ0n) is 36.2. The van der Waals surface area contributed by atoms with Crippen LogP contribution in [-0.2, 0) is 28.5 Å². The summed E-state index contributed by atoms with van der Waals surface area (Å²) < 4.78 is 35.4. The second-order valence-corrected chi connectivity index (χ2v) is 19.0. The van der Waals surface area contributed by atoms with Gasteiger partial charge in [0, 0.05) is 70.2 Å². The number of benzene rings is 3. The number of nitrogens with one attached hydrogen (secondary N) is 1. The van der Waals surface area contributed by atoms with E-state index in [-0.39, 0.29) is 70.6 Å². The highest BCUT2D eigenvalue weighted by Crippen LogP contribution is 2.42. The highest BCUT2D eigenvalue weighted by Gasteiger charge is 2.50. The highest BCUT2D eigenvalue weighted by molar-refractivity contribution is 8.00. The number of hydrogen-bond acceptors (Lipinski definition) is 21. The van der Waals surface area contributed by atoms with Crippen molar-refractivity contribution in [1.29, 1.82) is 0 Å². The number of aromatic carboxylic acids is 1. The van der Waals surface area contributed by atoms with Crippen LogP contribution in [-0.4, -0.2) is 171 Å². The minimum atomic E-state index is -1.47. The molecule has 5 unspecified atom stereocenters. The van der Waals surface area contributed by atoms with E-state index < -0.39 is 91.5 Å². The molecule has 0 bridgehead atoms. The number of phenolic OH excluding ortho intramolecular Hbond substituents is 1. The molecule has 14 atom stereocenters. The van der Waals surface area contributed by atoms with Crippen LogP contribution in [0.15, 0.2) is 63.8 Å². The average molecular weight is 975 g/mol. The lowest BCUT2D eigenvalue weighted by Gasteiger charge is -2.48. The number of fused-ring (bicyclic) bond motifs is 2. The van der Waals surface area contributed by atoms with Crippen LogP contribution in [0, 0.1) is 0 Å². The molecule has 21 nitrogen and oxygen atoms in total. The Kier molecular flexibility index (Phi) is 17.2. The first-order chi connectivity index (χ1) is 32.0. The van der Waals surface area contributed by atoms with Gasteiger partial charge in [-0.05, 0) is 54.8 Å². The predicted molar refractivity (Wildman–Crippen MR) is 249 cm³/mol. The molecule has 3 fully saturated rings. The Morgan fingerprint density at radius 3 is 2.18 bits per heavy atom. The Morgan fingerprint density at radius 2 is 1.46 bits per heavy atom. The lowest BCUT2D eigenvalue weighted by Crippen LogP contribution is -2.68. The topological polar surface area (TPSA) is 374 Å². The van der Waals surface area contributed by atoms with Crippen LogP contribution in [0.25, 0.3) is 33.4 Å². The van der Waals surface area contributed by atoms with E-state index in [4.69, 9.17) is 56.8 Å². The number of ether oxygens (including phenoxy) is 5. The van der Waals surface area contributed by atoms with Crippen molar-refractivity contribution in [2.24, 2.45) is 28.7 Å². The summed E-state index contributed by atoms with van der Waals surface area (Å²) in [6, 6.07) is 9.77. The molecule has 2 aliphatic carbocycles. The van der Waals surface area contributed by atoms with E-state index in [0.717, 1.165) is 0 Å². The Bertz CT molecular complexity index is 2370. The van der Waals surface area contributed by atoms with Crippen molar-refractivity contribution in [1.82, 2.24) is 0 Å². The fourth-order valence-corrected chi connectivity index (χ4v) is 10.0. The minimum Gasteiger partial charge on any atom is -0.508 e. The summed E-state index contributed by atoms with van der Waals surface area (Å²) in [4.78, 5) is 37.5. The summed E-state index contributed by atoms with van der Waals surface area (Å²) in [6.07, 6.45) is -10.8. The van der Waals surface area contributed by atoms with Crippen LogP contribution >= 0.6 is 23.5 Å². The Hall–Kier alpha value is -3.99. The maximum Gasteiger partial charge on any atom is 0.336 e. The maximum absolute atomic E-state index is 12.9. The lowest BCUT2D eigenvalue weighted by molar-refractivity contribution is -0.309. The van der Waals surface area contributed by atoms with E-state index in [0.29, 0.717) is 46.8 Å². The van der Waals surface area contributed by atoms with Gasteiger partial charge < -0.3 is 92.7 Å². The molecule has 2 aromatic rings. The van der Waals surface area contributed by atoms with Crippen molar-refractivity contribution in [2.45, 2.75) is 98.4 Å². The predicted octanol–water partition coefficient (Wildman–Crippen LogP) is -0.884. The number of amides is 1. The number of anilines is 1. The summed E-state index contributed by atoms with van der Waals surface area (Å²) >= 11 is 2.73. The number of carbonyl (C=O) groups excluding carboxylic acids is 1. The van der Waals surface area contributed by atoms with Crippen molar-refractivity contribution in [3.8, 4) is 28.2 Å². The number of nitrogens with two attached hydrogens (primary N) is 5. The second-order valence-electron chi connectivity index (χ2n) is 16.8. The number of phenols is 1. The third kappa shape index (κ3) is 11.9. The van der Waals surface area contributed by atoms with Crippen molar-refractivity contribution < 1.29 is 68.3 Å². The molecule has 1 saturated carbocycles. The van der Waals surface area contributed by atoms with Gasteiger partial charge in [0.2, 0.25) is 5.91 Å². The molecular weight excluding hydrogens is 917 g/mol. The summed E-state index contributed by atoms with van der Waals surface area (Å²) in [5, 5.41) is 66.9. The van der Waals surface area contributed by atoms with E-state index in [2.05, 4.69) is 5.32 Å². The zero-order valence-corrected chi connectivity index (χ0v) is 37.8. The summed E-state index contributed by atoms with van der Waals surface area (Å²) in [5.41, 5.74) is 32.2. The Morgan fingerprint density at radius 1 is 0.776 bits per heavy atom. The Balaban J connectivity index is 0.844. The van der Waals surface area contributed by atoms with E-state index in [1.165, 1.54) is 53.9 Å². The van der Waals surface area contributed by atoms with E-state index in [1.54, 1.807) is 24.3 Å². The fourth-order valence-electron chi connectivity index (χ4n) is 8.48. The van der Waals surface area contributed by atoms with Gasteiger partial charge in [0.05, 0.1) is 61.0 Å². The lowest BCUT2D eigenvalue weighted by atomic mass is 9.84. The number of aromatic hydroxyl groups is 1. The van der Waals surface area contributed by atoms with Gasteiger partial charge in [-0.25, -0.2) is 4.79 Å². The number of carbonyl (C=O) groups is 2. The van der Waals surface area contributed by atoms with Crippen LogP contribution < -0.4 is 39.4 Å². The minimum absolute atomic E-state index is 0.0233. The van der Waals surface area contributed by atoms with Crippen LogP contribution in [0.2, 0.25) is 0 Å². The van der Waals surface area contributed by atoms with Gasteiger partial charge >= 0.3 is 5.97 Å². The smallest absolute Gasteiger partial charge is 0.336 e. The molecule has 23 heteroatoms. The molecule has 0 aromatic heterocycles. The van der Waals surface area contributed by atoms with E-state index >= 15 is 0 Å². The summed E-state index contributed by atoms with van der Waals surface area (Å²) in [5.74, 6) is -0.134. The van der Waals surface area contributed by atoms with Gasteiger partial charge in [0.25, 0.3) is 0 Å². The quantitative estimate of drug-likeness (QED) is 0.0425. The molecule has 366 valence electrons. The van der Waals surface area contributed by atoms with Crippen molar-refractivity contribution in [3.63, 3.8) is 0 Å². The second kappa shape index (κ2) is 22.6. The first-order valence-corrected chi connectivity index (χ1v) is 24.0. The van der Waals surface area contributed by atoms with Gasteiger partial charge in [-0.3, -0.25) is 9.59 Å². The maximum atomic E-state index is 12.9. The number of rotatable bonds is 18. The average Bonchev–Trinajstić information content (AvgIpc) is 3.28. The molecule has 5 aliphatic rings. The number of carboxylic acids is 1. The number of hydrogen-bond donors (Lipinski definition) is 12. The van der Waals surface area contributed by atoms with Crippen LogP contribution in [0.4, 0.5) is 5.69 Å². The largest absolute Gasteiger partial charge is 0.508 e. The van der Waals surface area contributed by atoms with Gasteiger partial charge in [-0.15, -0.1) is 11.8 Å². The standard InChI is InChI=1S/C44H58N6O15S2/c45-16-32-29(53)15-28(48)43(62-32)64-40-26(46)14-27(47)41(39(40)57)65-44-38(56)36(49)37(55)33(63-44)17-66-9-7-60-8-10-67-18-34(54)50-19-1-4-22(25(11-19)42(58)59)35-23-5-2-20(51)12-30(23)61-31-13-21(52)3-6-24(31)35/h1-6,11-13,26-29,32-33,36-41,43-44,51,53,55-57H,7-10,14-18,45-49H2,(H,50,54)(H,58,59)/t26-,27+,28+,29?,32+,33?,36-,37+,38?,39?,40?,41-,43+,44+/m0/s1. The molecule has 7 rings (SSSR count). The monoisotopic (exact) mass is 974 g/mol. The third-order valence-corrected chi connectivity index (χ3v) is 13.9. The number of thioether (sulfide) groups is 2. The van der Waals surface area contributed by atoms with Crippen LogP contribution in [0.3, 0.4) is 0 Å². The van der Waals surface area contributed by atoms with Crippen LogP contribution in [0.1, 0.15) is 23.2 Å². The van der Waals surface area contributed by atoms with Gasteiger partial charge in [-0.2, -0.15) is 11.8 Å². The number of aliphatic hydroxyl groups excluding tert-OH is 4. The van der Waals surface area contributed by atoms with Crippen molar-refractivity contribution in [2.75, 3.05) is 48.1 Å². The first-order valence-electron chi connectivity index (χ1n) is 21.7. The fraction of sp³-hybridized carbons (Fsp3) is 0.523. The van der Waals surface area contributed by atoms with E-state index in [9.17, 15) is 45.0 Å². The summed E-state index contributed by atoms with van der Waals surface area (Å²) in [6.45, 7) is 0.688. The molecule has 2 aromatic carbocycles. The molecule has 17 N–H and O–H groups in total. The van der Waals surface area contributed by atoms with Crippen LogP contribution in [0.5, 0.6) is 5.75 Å². The van der Waals surface area contributed by atoms with Gasteiger partial charge in [0.15, 0.2) is 18.0 Å². The third-order valence-electron chi connectivity index (χ3n) is 12.0. The van der Waals surface area contributed by atoms with Crippen molar-refractivity contribution >= 4 is 52.1 Å². The van der Waals surface area contributed by atoms with E-state index in [1.807, 2.05) is 0 Å². The molecule has 0 radical (unpaired) electrons. The zero-order chi connectivity index (χ0) is 48.1. The summed E-state index contributed by atoms with van der Waals surface area (Å²) in [7, 11) is 0. The SMILES string of the molecule is NC[C@H]1O[C@H](OC2C(O)[C@@H](O[C@H]3OC(CSCCOCCSCC(=O)Nc4ccc(-c5c6ccc(=O)cc-6oc6cc(O)ccc56)c(C(=O)O)c4)[C@@H](O)[C@H](N)C3O)[C@H](N)C[C@@H]2N)[C@H](N)CC1O. The molecule has 3 heterocycles. The Labute approximate surface area is 392 Å². The first kappa shape index (κ1) is 50.9. The van der Waals surface area contributed by atoms with Gasteiger partial charge in [0.1, 0.15) is 41.5 Å². The molecule has 1 amide bonds. The number of carboxylic acid groups (broad SMARTS) is 1. The molecule has 2 saturated heterocycles. The molecule has 0 spiro atoms. The molecule has 3 aliphatic heterocycles. The normalized spacial score (nSPS) is 31.2. The molecule has 67 heavy (non-hydrogen) atoms. The highest BCUT2D eigenvalue weighted by atomic mass is 32.2.